The number of benzene rings is 1. The first-order valence-corrected chi connectivity index (χ1v) is 5.73. The number of phenols is 1. The average Bonchev–Trinajstić information content (AvgIpc) is 2.35. The molecule has 0 radical (unpaired) electrons. The van der Waals surface area contributed by atoms with Gasteiger partial charge >= 0.3 is 17.3 Å². The Bertz CT molecular complexity index is 556. The molecule has 0 spiro atoms. The average molecular weight is 284 g/mol. The highest BCUT2D eigenvalue weighted by Gasteiger charge is 2.30. The molecule has 0 aliphatic rings. The molecule has 0 atom stereocenters. The zero-order valence-corrected chi connectivity index (χ0v) is 10.6. The first kappa shape index (κ1) is 15.3. The minimum atomic E-state index is -1.14. The highest BCUT2D eigenvalue weighted by atomic mass is 16.6. The normalized spacial score (nSPS) is 10.1. The van der Waals surface area contributed by atoms with E-state index in [1.807, 2.05) is 6.92 Å². The molecule has 0 heterocycles. The number of nitro benzene ring substituents is 2. The quantitative estimate of drug-likeness (QED) is 0.366. The van der Waals surface area contributed by atoms with Crippen LogP contribution < -0.4 is 4.74 Å². The van der Waals surface area contributed by atoms with Gasteiger partial charge in [-0.3, -0.25) is 25.0 Å². The van der Waals surface area contributed by atoms with Crippen molar-refractivity contribution in [1.82, 2.24) is 0 Å². The van der Waals surface area contributed by atoms with Gasteiger partial charge in [-0.15, -0.1) is 0 Å². The minimum Gasteiger partial charge on any atom is -0.497 e. The number of carbonyl (C=O) groups excluding carboxylic acids is 1. The molecule has 1 aromatic rings. The monoisotopic (exact) mass is 284 g/mol. The molecule has 0 saturated heterocycles. The van der Waals surface area contributed by atoms with Crippen molar-refractivity contribution in [3.05, 3.63) is 32.4 Å². The van der Waals surface area contributed by atoms with Gasteiger partial charge in [-0.25, -0.2) is 0 Å². The fourth-order valence-corrected chi connectivity index (χ4v) is 1.45. The highest BCUT2D eigenvalue weighted by Crippen LogP contribution is 2.42. The van der Waals surface area contributed by atoms with Crippen LogP contribution in [0.5, 0.6) is 11.5 Å². The van der Waals surface area contributed by atoms with E-state index in [-0.39, 0.29) is 6.42 Å². The van der Waals surface area contributed by atoms with Crippen LogP contribution in [0.25, 0.3) is 0 Å². The Hall–Kier alpha value is -2.71. The molecule has 0 bridgehead atoms. The number of carbonyl (C=O) groups is 1. The molecule has 108 valence electrons. The Morgan fingerprint density at radius 1 is 1.30 bits per heavy atom. The lowest BCUT2D eigenvalue weighted by Crippen LogP contribution is -2.09. The van der Waals surface area contributed by atoms with Crippen molar-refractivity contribution in [2.75, 3.05) is 0 Å². The number of hydrogen-bond acceptors (Lipinski definition) is 7. The third-order valence-electron chi connectivity index (χ3n) is 2.43. The minimum absolute atomic E-state index is 0.0609. The van der Waals surface area contributed by atoms with Gasteiger partial charge in [0.05, 0.1) is 9.85 Å². The summed E-state index contributed by atoms with van der Waals surface area (Å²) >= 11 is 0. The topological polar surface area (TPSA) is 133 Å². The number of nitro groups is 2. The second kappa shape index (κ2) is 6.45. The summed E-state index contributed by atoms with van der Waals surface area (Å²) in [5, 5.41) is 31.0. The van der Waals surface area contributed by atoms with Crippen LogP contribution in [-0.4, -0.2) is 20.9 Å². The summed E-state index contributed by atoms with van der Waals surface area (Å²) in [5.74, 6) is -2.36. The maximum Gasteiger partial charge on any atom is 0.360 e. The van der Waals surface area contributed by atoms with Crippen LogP contribution in [0.15, 0.2) is 12.1 Å². The van der Waals surface area contributed by atoms with Crippen LogP contribution in [0.4, 0.5) is 11.4 Å². The first-order chi connectivity index (χ1) is 9.38. The lowest BCUT2D eigenvalue weighted by Gasteiger charge is -2.06. The molecule has 1 N–H and O–H groups in total. The van der Waals surface area contributed by atoms with Gasteiger partial charge in [-0.05, 0) is 12.5 Å². The van der Waals surface area contributed by atoms with Crippen molar-refractivity contribution in [3.63, 3.8) is 0 Å². The molecule has 1 aromatic carbocycles. The highest BCUT2D eigenvalue weighted by molar-refractivity contribution is 5.76. The molecule has 0 fully saturated rings. The number of phenolic OH excluding ortho intramolecular Hbond substituents is 1. The number of ether oxygens (including phenoxy) is 1. The van der Waals surface area contributed by atoms with Crippen LogP contribution in [-0.2, 0) is 4.79 Å². The van der Waals surface area contributed by atoms with Gasteiger partial charge in [0.1, 0.15) is 0 Å². The predicted molar refractivity (Wildman–Crippen MR) is 66.6 cm³/mol. The van der Waals surface area contributed by atoms with E-state index in [2.05, 4.69) is 0 Å². The molecular weight excluding hydrogens is 272 g/mol. The van der Waals surface area contributed by atoms with Gasteiger partial charge in [0.2, 0.25) is 5.75 Å². The van der Waals surface area contributed by atoms with Crippen molar-refractivity contribution in [1.29, 1.82) is 0 Å². The molecule has 0 aromatic heterocycles. The van der Waals surface area contributed by atoms with Crippen LogP contribution in [0.3, 0.4) is 0 Å². The van der Waals surface area contributed by atoms with Crippen molar-refractivity contribution < 1.29 is 24.5 Å². The third-order valence-corrected chi connectivity index (χ3v) is 2.43. The fourth-order valence-electron chi connectivity index (χ4n) is 1.45. The molecule has 0 saturated carbocycles. The number of unbranched alkanes of at least 4 members (excludes halogenated alkanes) is 1. The summed E-state index contributed by atoms with van der Waals surface area (Å²) in [5.41, 5.74) is -1.82. The second-order valence-corrected chi connectivity index (χ2v) is 3.87. The fraction of sp³-hybridized carbons (Fsp3) is 0.364. The van der Waals surface area contributed by atoms with Crippen LogP contribution in [0, 0.1) is 20.2 Å². The van der Waals surface area contributed by atoms with Crippen molar-refractivity contribution in [3.8, 4) is 11.5 Å². The summed E-state index contributed by atoms with van der Waals surface area (Å²) in [6, 6.07) is 1.75. The molecule has 0 aliphatic carbocycles. The van der Waals surface area contributed by atoms with E-state index in [0.29, 0.717) is 6.42 Å². The number of hydrogen-bond donors (Lipinski definition) is 1. The largest absolute Gasteiger partial charge is 0.497 e. The Morgan fingerprint density at radius 3 is 2.45 bits per heavy atom. The SMILES string of the molecule is CCCCC(=O)Oc1ccc([N+](=O)[O-])c(O)c1[N+](=O)[O-]. The van der Waals surface area contributed by atoms with E-state index in [0.717, 1.165) is 18.6 Å². The third kappa shape index (κ3) is 3.40. The van der Waals surface area contributed by atoms with E-state index in [1.54, 1.807) is 0 Å². The Labute approximate surface area is 113 Å². The lowest BCUT2D eigenvalue weighted by atomic mass is 10.2. The summed E-state index contributed by atoms with van der Waals surface area (Å²) in [7, 11) is 0. The Kier molecular flexibility index (Phi) is 4.95. The Morgan fingerprint density at radius 2 is 1.95 bits per heavy atom. The summed E-state index contributed by atoms with van der Waals surface area (Å²) in [6.07, 6.45) is 1.35. The number of aromatic hydroxyl groups is 1. The molecule has 9 heteroatoms. The van der Waals surface area contributed by atoms with Gasteiger partial charge in [0, 0.05) is 12.5 Å². The van der Waals surface area contributed by atoms with Crippen molar-refractivity contribution in [2.24, 2.45) is 0 Å². The molecule has 0 amide bonds. The number of rotatable bonds is 6. The Balaban J connectivity index is 3.14. The molecule has 20 heavy (non-hydrogen) atoms. The standard InChI is InChI=1S/C11H12N2O7/c1-2-3-4-9(14)20-8-6-5-7(12(16)17)11(15)10(8)13(18)19/h5-6,15H,2-4H2,1H3. The zero-order chi connectivity index (χ0) is 15.3. The van der Waals surface area contributed by atoms with E-state index in [4.69, 9.17) is 4.74 Å². The summed E-state index contributed by atoms with van der Waals surface area (Å²) in [4.78, 5) is 30.8. The number of esters is 1. The lowest BCUT2D eigenvalue weighted by molar-refractivity contribution is -0.396. The van der Waals surface area contributed by atoms with Crippen molar-refractivity contribution >= 4 is 17.3 Å². The van der Waals surface area contributed by atoms with Gasteiger partial charge in [-0.2, -0.15) is 0 Å². The van der Waals surface area contributed by atoms with Gasteiger partial charge < -0.3 is 9.84 Å². The van der Waals surface area contributed by atoms with Crippen LogP contribution >= 0.6 is 0 Å². The summed E-state index contributed by atoms with van der Waals surface area (Å²) in [6.45, 7) is 1.85. The van der Waals surface area contributed by atoms with Gasteiger partial charge in [-0.1, -0.05) is 13.3 Å². The van der Waals surface area contributed by atoms with Crippen LogP contribution in [0.1, 0.15) is 26.2 Å². The zero-order valence-electron chi connectivity index (χ0n) is 10.6. The molecule has 0 aliphatic heterocycles. The summed E-state index contributed by atoms with van der Waals surface area (Å²) < 4.78 is 4.76. The maximum atomic E-state index is 11.4. The first-order valence-electron chi connectivity index (χ1n) is 5.73. The molecule has 0 unspecified atom stereocenters. The predicted octanol–water partition coefficient (Wildman–Crippen LogP) is 2.30. The number of nitrogens with zero attached hydrogens (tertiary/aromatic N) is 2. The van der Waals surface area contributed by atoms with Gasteiger partial charge in [0.15, 0.2) is 0 Å². The van der Waals surface area contributed by atoms with E-state index in [9.17, 15) is 30.1 Å². The van der Waals surface area contributed by atoms with E-state index in [1.165, 1.54) is 0 Å². The van der Waals surface area contributed by atoms with Gasteiger partial charge in [0.25, 0.3) is 5.75 Å². The van der Waals surface area contributed by atoms with E-state index >= 15 is 0 Å². The maximum absolute atomic E-state index is 11.4. The van der Waals surface area contributed by atoms with Crippen LogP contribution in [0.2, 0.25) is 0 Å². The molecule has 9 nitrogen and oxygen atoms in total. The van der Waals surface area contributed by atoms with Crippen molar-refractivity contribution in [2.45, 2.75) is 26.2 Å². The smallest absolute Gasteiger partial charge is 0.360 e. The van der Waals surface area contributed by atoms with E-state index < -0.39 is 38.7 Å². The second-order valence-electron chi connectivity index (χ2n) is 3.87. The molecule has 1 rings (SSSR count). The molecular formula is C11H12N2O7.